The van der Waals surface area contributed by atoms with Crippen molar-refractivity contribution in [1.82, 2.24) is 16.2 Å². The van der Waals surface area contributed by atoms with Crippen LogP contribution in [0.3, 0.4) is 0 Å². The predicted molar refractivity (Wildman–Crippen MR) is 109 cm³/mol. The molecule has 0 aliphatic carbocycles. The van der Waals surface area contributed by atoms with Gasteiger partial charge in [0.1, 0.15) is 11.5 Å². The summed E-state index contributed by atoms with van der Waals surface area (Å²) in [4.78, 5) is 24.1. The number of hydrogen-bond donors (Lipinski definition) is 3. The number of benzene rings is 2. The average molecular weight is 452 g/mol. The number of hydrazine groups is 1. The molecule has 0 bridgehead atoms. The SMILES string of the molecule is COc1ccc(Br)cc1C(=O)NC(=S)NNC(=O)COc1cccc(C)c1. The van der Waals surface area contributed by atoms with Gasteiger partial charge in [0.15, 0.2) is 11.7 Å². The molecule has 2 aromatic rings. The second-order valence-electron chi connectivity index (χ2n) is 5.41. The molecule has 142 valence electrons. The lowest BCUT2D eigenvalue weighted by Gasteiger charge is -2.13. The van der Waals surface area contributed by atoms with Gasteiger partial charge in [-0.2, -0.15) is 0 Å². The van der Waals surface area contributed by atoms with Crippen LogP contribution in [-0.4, -0.2) is 30.6 Å². The van der Waals surface area contributed by atoms with Gasteiger partial charge in [-0.15, -0.1) is 0 Å². The molecule has 3 N–H and O–H groups in total. The van der Waals surface area contributed by atoms with Gasteiger partial charge in [-0.1, -0.05) is 28.1 Å². The lowest BCUT2D eigenvalue weighted by molar-refractivity contribution is -0.123. The maximum atomic E-state index is 12.3. The minimum absolute atomic E-state index is 0.0639. The third kappa shape index (κ3) is 6.54. The van der Waals surface area contributed by atoms with E-state index in [0.717, 1.165) is 5.56 Å². The molecule has 0 unspecified atom stereocenters. The molecule has 0 aliphatic heterocycles. The Labute approximate surface area is 170 Å². The van der Waals surface area contributed by atoms with Crippen LogP contribution in [0.1, 0.15) is 15.9 Å². The first-order chi connectivity index (χ1) is 12.9. The molecule has 27 heavy (non-hydrogen) atoms. The van der Waals surface area contributed by atoms with E-state index in [4.69, 9.17) is 21.7 Å². The third-order valence-corrected chi connectivity index (χ3v) is 4.01. The summed E-state index contributed by atoms with van der Waals surface area (Å²) in [5, 5.41) is 2.40. The van der Waals surface area contributed by atoms with E-state index in [9.17, 15) is 9.59 Å². The molecular weight excluding hydrogens is 434 g/mol. The van der Waals surface area contributed by atoms with Gasteiger partial charge in [0.05, 0.1) is 12.7 Å². The molecule has 2 aromatic carbocycles. The fourth-order valence-corrected chi connectivity index (χ4v) is 2.58. The van der Waals surface area contributed by atoms with E-state index in [0.29, 0.717) is 21.5 Å². The number of carbonyl (C=O) groups is 2. The predicted octanol–water partition coefficient (Wildman–Crippen LogP) is 2.48. The van der Waals surface area contributed by atoms with Crippen molar-refractivity contribution in [3.05, 3.63) is 58.1 Å². The minimum atomic E-state index is -0.476. The summed E-state index contributed by atoms with van der Waals surface area (Å²) in [5.74, 6) is 0.0564. The van der Waals surface area contributed by atoms with E-state index in [2.05, 4.69) is 32.1 Å². The molecule has 0 saturated carbocycles. The third-order valence-electron chi connectivity index (χ3n) is 3.31. The summed E-state index contributed by atoms with van der Waals surface area (Å²) < 4.78 is 11.2. The van der Waals surface area contributed by atoms with Crippen LogP contribution in [0, 0.1) is 6.92 Å². The van der Waals surface area contributed by atoms with Gasteiger partial charge in [-0.25, -0.2) is 0 Å². The van der Waals surface area contributed by atoms with Gasteiger partial charge < -0.3 is 9.47 Å². The molecule has 0 atom stereocenters. The first kappa shape index (κ1) is 20.7. The molecule has 0 spiro atoms. The van der Waals surface area contributed by atoms with Crippen molar-refractivity contribution in [2.24, 2.45) is 0 Å². The smallest absolute Gasteiger partial charge is 0.276 e. The molecule has 0 radical (unpaired) electrons. The van der Waals surface area contributed by atoms with Crippen LogP contribution in [0.5, 0.6) is 11.5 Å². The Balaban J connectivity index is 1.81. The zero-order valence-corrected chi connectivity index (χ0v) is 17.1. The number of carbonyl (C=O) groups excluding carboxylic acids is 2. The number of hydrogen-bond acceptors (Lipinski definition) is 5. The van der Waals surface area contributed by atoms with Crippen LogP contribution in [0.15, 0.2) is 46.9 Å². The summed E-state index contributed by atoms with van der Waals surface area (Å²) in [7, 11) is 1.46. The fourth-order valence-electron chi connectivity index (χ4n) is 2.08. The molecule has 0 fully saturated rings. The largest absolute Gasteiger partial charge is 0.496 e. The lowest BCUT2D eigenvalue weighted by Crippen LogP contribution is -2.49. The summed E-state index contributed by atoms with van der Waals surface area (Å²) in [6.45, 7) is 1.72. The Bertz CT molecular complexity index is 860. The van der Waals surface area contributed by atoms with Gasteiger partial charge >= 0.3 is 0 Å². The van der Waals surface area contributed by atoms with Crippen molar-refractivity contribution in [3.63, 3.8) is 0 Å². The Morgan fingerprint density at radius 1 is 1.15 bits per heavy atom. The van der Waals surface area contributed by atoms with E-state index in [1.807, 2.05) is 25.1 Å². The first-order valence-corrected chi connectivity index (χ1v) is 9.02. The summed E-state index contributed by atoms with van der Waals surface area (Å²) in [5.41, 5.74) is 6.13. The number of ether oxygens (including phenoxy) is 2. The second kappa shape index (κ2) is 9.89. The molecular formula is C18H18BrN3O4S. The van der Waals surface area contributed by atoms with Crippen molar-refractivity contribution < 1.29 is 19.1 Å². The topological polar surface area (TPSA) is 88.7 Å². The van der Waals surface area contributed by atoms with Crippen molar-refractivity contribution in [1.29, 1.82) is 0 Å². The van der Waals surface area contributed by atoms with E-state index in [1.54, 1.807) is 24.3 Å². The van der Waals surface area contributed by atoms with Crippen LogP contribution in [-0.2, 0) is 4.79 Å². The molecule has 0 aromatic heterocycles. The van der Waals surface area contributed by atoms with E-state index in [1.165, 1.54) is 7.11 Å². The highest BCUT2D eigenvalue weighted by molar-refractivity contribution is 9.10. The van der Waals surface area contributed by atoms with Gasteiger partial charge in [0.25, 0.3) is 11.8 Å². The average Bonchev–Trinajstić information content (AvgIpc) is 2.64. The van der Waals surface area contributed by atoms with Crippen molar-refractivity contribution >= 4 is 45.1 Å². The zero-order chi connectivity index (χ0) is 19.8. The highest BCUT2D eigenvalue weighted by atomic mass is 79.9. The number of methoxy groups -OCH3 is 1. The number of thiocarbonyl (C=S) groups is 1. The molecule has 2 rings (SSSR count). The van der Waals surface area contributed by atoms with Crippen molar-refractivity contribution in [3.8, 4) is 11.5 Å². The first-order valence-electron chi connectivity index (χ1n) is 7.82. The molecule has 0 aliphatic rings. The quantitative estimate of drug-likeness (QED) is 0.477. The Morgan fingerprint density at radius 3 is 2.63 bits per heavy atom. The lowest BCUT2D eigenvalue weighted by atomic mass is 10.2. The van der Waals surface area contributed by atoms with E-state index in [-0.39, 0.29) is 11.7 Å². The van der Waals surface area contributed by atoms with Crippen LogP contribution in [0.25, 0.3) is 0 Å². The summed E-state index contributed by atoms with van der Waals surface area (Å²) >= 11 is 8.30. The maximum Gasteiger partial charge on any atom is 0.276 e. The van der Waals surface area contributed by atoms with Crippen LogP contribution in [0.2, 0.25) is 0 Å². The highest BCUT2D eigenvalue weighted by Crippen LogP contribution is 2.22. The number of amides is 2. The summed E-state index contributed by atoms with van der Waals surface area (Å²) in [6.07, 6.45) is 0. The molecule has 9 heteroatoms. The molecule has 2 amide bonds. The number of halogens is 1. The zero-order valence-electron chi connectivity index (χ0n) is 14.7. The number of aryl methyl sites for hydroxylation is 1. The number of nitrogens with one attached hydrogen (secondary N) is 3. The normalized spacial score (nSPS) is 9.89. The Hall–Kier alpha value is -2.65. The van der Waals surface area contributed by atoms with Crippen molar-refractivity contribution in [2.75, 3.05) is 13.7 Å². The fraction of sp³-hybridized carbons (Fsp3) is 0.167. The van der Waals surface area contributed by atoms with Gasteiger partial charge in [0, 0.05) is 4.47 Å². The highest BCUT2D eigenvalue weighted by Gasteiger charge is 2.14. The maximum absolute atomic E-state index is 12.3. The van der Waals surface area contributed by atoms with Crippen LogP contribution in [0.4, 0.5) is 0 Å². The molecule has 0 heterocycles. The van der Waals surface area contributed by atoms with Gasteiger partial charge in [0.2, 0.25) is 0 Å². The van der Waals surface area contributed by atoms with E-state index < -0.39 is 11.8 Å². The van der Waals surface area contributed by atoms with Crippen LogP contribution >= 0.6 is 28.1 Å². The van der Waals surface area contributed by atoms with Gasteiger partial charge in [-0.3, -0.25) is 25.8 Å². The standard InChI is InChI=1S/C18H18BrN3O4S/c1-11-4-3-5-13(8-11)26-10-16(23)21-22-18(27)20-17(24)14-9-12(19)6-7-15(14)25-2/h3-9H,10H2,1-2H3,(H,21,23)(H2,20,22,24,27). The van der Waals surface area contributed by atoms with Crippen molar-refractivity contribution in [2.45, 2.75) is 6.92 Å². The van der Waals surface area contributed by atoms with E-state index >= 15 is 0 Å². The second-order valence-corrected chi connectivity index (χ2v) is 6.73. The number of rotatable bonds is 5. The Morgan fingerprint density at radius 2 is 1.93 bits per heavy atom. The Kier molecular flexibility index (Phi) is 7.56. The van der Waals surface area contributed by atoms with Gasteiger partial charge in [-0.05, 0) is 55.0 Å². The molecule has 0 saturated heterocycles. The molecule has 7 nitrogen and oxygen atoms in total. The minimum Gasteiger partial charge on any atom is -0.496 e. The summed E-state index contributed by atoms with van der Waals surface area (Å²) in [6, 6.07) is 12.3. The van der Waals surface area contributed by atoms with Crippen LogP contribution < -0.4 is 25.6 Å². The monoisotopic (exact) mass is 451 g/mol.